The van der Waals surface area contributed by atoms with Gasteiger partial charge in [-0.3, -0.25) is 4.79 Å². The largest absolute Gasteiger partial charge is 0.321 e. The molecule has 2 rings (SSSR count). The molecular weight excluding hydrogens is 246 g/mol. The zero-order valence-electron chi connectivity index (χ0n) is 10.4. The van der Waals surface area contributed by atoms with Crippen LogP contribution >= 0.6 is 11.3 Å². The van der Waals surface area contributed by atoms with Crippen LogP contribution < -0.4 is 10.6 Å². The number of hydrogen-bond donors (Lipinski definition) is 2. The van der Waals surface area contributed by atoms with Crippen LogP contribution in [0.3, 0.4) is 0 Å². The second kappa shape index (κ2) is 5.75. The standard InChI is InChI=1S/C13H15N3OS/c1-9-12(18-8-15-9)13(17)16-11-6-4-3-5-10(11)7-14-2/h3-6,8,14H,7H2,1-2H3,(H,16,17). The number of para-hydroxylation sites is 1. The predicted molar refractivity (Wildman–Crippen MR) is 74.0 cm³/mol. The van der Waals surface area contributed by atoms with Gasteiger partial charge < -0.3 is 10.6 Å². The molecule has 1 amide bonds. The third-order valence-corrected chi connectivity index (χ3v) is 3.51. The molecule has 0 fully saturated rings. The van der Waals surface area contributed by atoms with Gasteiger partial charge in [0.1, 0.15) is 4.88 Å². The first-order valence-corrected chi connectivity index (χ1v) is 6.54. The number of benzene rings is 1. The number of aryl methyl sites for hydroxylation is 1. The third-order valence-electron chi connectivity index (χ3n) is 2.58. The first-order valence-electron chi connectivity index (χ1n) is 5.66. The molecule has 0 unspecified atom stereocenters. The maximum absolute atomic E-state index is 12.1. The lowest BCUT2D eigenvalue weighted by Gasteiger charge is -2.10. The van der Waals surface area contributed by atoms with Gasteiger partial charge in [0.25, 0.3) is 5.91 Å². The molecule has 5 heteroatoms. The Labute approximate surface area is 110 Å². The topological polar surface area (TPSA) is 54.0 Å². The molecule has 0 radical (unpaired) electrons. The van der Waals surface area contributed by atoms with E-state index in [0.29, 0.717) is 4.88 Å². The van der Waals surface area contributed by atoms with Crippen molar-refractivity contribution < 1.29 is 4.79 Å². The Morgan fingerprint density at radius 3 is 2.83 bits per heavy atom. The fourth-order valence-corrected chi connectivity index (χ4v) is 2.38. The van der Waals surface area contributed by atoms with E-state index in [-0.39, 0.29) is 5.91 Å². The molecule has 0 atom stereocenters. The molecule has 0 aliphatic rings. The van der Waals surface area contributed by atoms with E-state index >= 15 is 0 Å². The van der Waals surface area contributed by atoms with Gasteiger partial charge in [-0.25, -0.2) is 4.98 Å². The van der Waals surface area contributed by atoms with E-state index in [0.717, 1.165) is 23.5 Å². The van der Waals surface area contributed by atoms with Gasteiger partial charge in [-0.1, -0.05) is 18.2 Å². The lowest BCUT2D eigenvalue weighted by molar-refractivity contribution is 0.102. The molecule has 0 bridgehead atoms. The van der Waals surface area contributed by atoms with Gasteiger partial charge in [-0.2, -0.15) is 0 Å². The Morgan fingerprint density at radius 1 is 1.39 bits per heavy atom. The van der Waals surface area contributed by atoms with E-state index in [4.69, 9.17) is 0 Å². The monoisotopic (exact) mass is 261 g/mol. The highest BCUT2D eigenvalue weighted by atomic mass is 32.1. The van der Waals surface area contributed by atoms with E-state index in [2.05, 4.69) is 15.6 Å². The van der Waals surface area contributed by atoms with Gasteiger partial charge in [0.15, 0.2) is 0 Å². The maximum atomic E-state index is 12.1. The van der Waals surface area contributed by atoms with Gasteiger partial charge >= 0.3 is 0 Å². The zero-order valence-corrected chi connectivity index (χ0v) is 11.2. The summed E-state index contributed by atoms with van der Waals surface area (Å²) in [6, 6.07) is 7.77. The number of rotatable bonds is 4. The highest BCUT2D eigenvalue weighted by Gasteiger charge is 2.13. The summed E-state index contributed by atoms with van der Waals surface area (Å²) >= 11 is 1.36. The second-order valence-corrected chi connectivity index (χ2v) is 4.76. The summed E-state index contributed by atoms with van der Waals surface area (Å²) in [5, 5.41) is 6.01. The molecule has 0 aliphatic carbocycles. The number of carbonyl (C=O) groups is 1. The lowest BCUT2D eigenvalue weighted by Crippen LogP contribution is -2.15. The van der Waals surface area contributed by atoms with Crippen LogP contribution in [0.1, 0.15) is 20.9 Å². The van der Waals surface area contributed by atoms with Gasteiger partial charge in [0.05, 0.1) is 11.2 Å². The predicted octanol–water partition coefficient (Wildman–Crippen LogP) is 2.42. The number of hydrogen-bond acceptors (Lipinski definition) is 4. The van der Waals surface area contributed by atoms with Crippen molar-refractivity contribution in [3.63, 3.8) is 0 Å². The molecule has 0 saturated carbocycles. The highest BCUT2D eigenvalue weighted by molar-refractivity contribution is 7.12. The molecule has 18 heavy (non-hydrogen) atoms. The first kappa shape index (κ1) is 12.7. The Hall–Kier alpha value is -1.72. The van der Waals surface area contributed by atoms with E-state index < -0.39 is 0 Å². The van der Waals surface area contributed by atoms with Crippen molar-refractivity contribution in [3.05, 3.63) is 45.9 Å². The molecule has 94 valence electrons. The summed E-state index contributed by atoms with van der Waals surface area (Å²) in [7, 11) is 1.88. The Balaban J connectivity index is 2.19. The van der Waals surface area contributed by atoms with Crippen LogP contribution in [0.4, 0.5) is 5.69 Å². The number of anilines is 1. The number of nitrogens with zero attached hydrogens (tertiary/aromatic N) is 1. The Bertz CT molecular complexity index is 551. The van der Waals surface area contributed by atoms with Crippen molar-refractivity contribution >= 4 is 22.9 Å². The number of carbonyl (C=O) groups excluding carboxylic acids is 1. The molecule has 2 aromatic rings. The average Bonchev–Trinajstić information content (AvgIpc) is 2.78. The third kappa shape index (κ3) is 2.75. The number of nitrogens with one attached hydrogen (secondary N) is 2. The summed E-state index contributed by atoms with van der Waals surface area (Å²) in [5.41, 5.74) is 4.35. The second-order valence-electron chi connectivity index (χ2n) is 3.91. The fourth-order valence-electron chi connectivity index (χ4n) is 1.69. The fraction of sp³-hybridized carbons (Fsp3) is 0.231. The average molecular weight is 261 g/mol. The Kier molecular flexibility index (Phi) is 4.07. The summed E-state index contributed by atoms with van der Waals surface area (Å²) in [6.07, 6.45) is 0. The van der Waals surface area contributed by atoms with Crippen molar-refractivity contribution in [1.29, 1.82) is 0 Å². The summed E-state index contributed by atoms with van der Waals surface area (Å²) in [6.45, 7) is 2.56. The molecule has 1 heterocycles. The summed E-state index contributed by atoms with van der Waals surface area (Å²) in [5.74, 6) is -0.0986. The first-order chi connectivity index (χ1) is 8.72. The smallest absolute Gasteiger partial charge is 0.267 e. The van der Waals surface area contributed by atoms with E-state index in [1.807, 2.05) is 38.2 Å². The molecule has 1 aromatic heterocycles. The van der Waals surface area contributed by atoms with Crippen LogP contribution in [0.25, 0.3) is 0 Å². The summed E-state index contributed by atoms with van der Waals surface area (Å²) < 4.78 is 0. The van der Waals surface area contributed by atoms with Crippen LogP contribution in [0.5, 0.6) is 0 Å². The van der Waals surface area contributed by atoms with Gasteiger partial charge in [0.2, 0.25) is 0 Å². The molecular formula is C13H15N3OS. The lowest BCUT2D eigenvalue weighted by atomic mass is 10.1. The minimum absolute atomic E-state index is 0.0986. The van der Waals surface area contributed by atoms with Crippen molar-refractivity contribution in [2.75, 3.05) is 12.4 Å². The highest BCUT2D eigenvalue weighted by Crippen LogP contribution is 2.18. The molecule has 0 saturated heterocycles. The van der Waals surface area contributed by atoms with Crippen molar-refractivity contribution in [2.24, 2.45) is 0 Å². The molecule has 0 aliphatic heterocycles. The van der Waals surface area contributed by atoms with Gasteiger partial charge in [0, 0.05) is 12.2 Å². The quantitative estimate of drug-likeness (QED) is 0.888. The van der Waals surface area contributed by atoms with Gasteiger partial charge in [-0.15, -0.1) is 11.3 Å². The van der Waals surface area contributed by atoms with E-state index in [1.165, 1.54) is 11.3 Å². The number of thiazole rings is 1. The van der Waals surface area contributed by atoms with Crippen molar-refractivity contribution in [1.82, 2.24) is 10.3 Å². The molecule has 4 nitrogen and oxygen atoms in total. The summed E-state index contributed by atoms with van der Waals surface area (Å²) in [4.78, 5) is 16.8. The minimum Gasteiger partial charge on any atom is -0.321 e. The van der Waals surface area contributed by atoms with Crippen molar-refractivity contribution in [3.8, 4) is 0 Å². The van der Waals surface area contributed by atoms with Crippen LogP contribution in [-0.2, 0) is 6.54 Å². The van der Waals surface area contributed by atoms with E-state index in [9.17, 15) is 4.79 Å². The minimum atomic E-state index is -0.0986. The van der Waals surface area contributed by atoms with Crippen molar-refractivity contribution in [2.45, 2.75) is 13.5 Å². The van der Waals surface area contributed by atoms with Crippen LogP contribution in [0.15, 0.2) is 29.8 Å². The Morgan fingerprint density at radius 2 is 2.17 bits per heavy atom. The SMILES string of the molecule is CNCc1ccccc1NC(=O)c1scnc1C. The van der Waals surface area contributed by atoms with Crippen LogP contribution in [-0.4, -0.2) is 17.9 Å². The van der Waals surface area contributed by atoms with Crippen LogP contribution in [0.2, 0.25) is 0 Å². The molecule has 1 aromatic carbocycles. The maximum Gasteiger partial charge on any atom is 0.267 e. The molecule has 0 spiro atoms. The van der Waals surface area contributed by atoms with Gasteiger partial charge in [-0.05, 0) is 25.6 Å². The molecule has 2 N–H and O–H groups in total. The zero-order chi connectivity index (χ0) is 13.0. The van der Waals surface area contributed by atoms with Crippen LogP contribution in [0, 0.1) is 6.92 Å². The number of aromatic nitrogens is 1. The number of amides is 1. The normalized spacial score (nSPS) is 10.3. The van der Waals surface area contributed by atoms with E-state index in [1.54, 1.807) is 5.51 Å².